The third-order valence-corrected chi connectivity index (χ3v) is 3.85. The summed E-state index contributed by atoms with van der Waals surface area (Å²) in [6, 6.07) is 3.24. The van der Waals surface area contributed by atoms with Gasteiger partial charge in [-0.3, -0.25) is 14.6 Å². The fraction of sp³-hybridized carbons (Fsp3) is 0.500. The molecule has 0 spiro atoms. The Kier molecular flexibility index (Phi) is 3.83. The maximum Gasteiger partial charge on any atom is 0.308 e. The van der Waals surface area contributed by atoms with Gasteiger partial charge in [0, 0.05) is 18.0 Å². The van der Waals surface area contributed by atoms with Crippen molar-refractivity contribution in [3.05, 3.63) is 30.1 Å². The van der Waals surface area contributed by atoms with E-state index in [1.165, 1.54) is 0 Å². The lowest BCUT2D eigenvalue weighted by atomic mass is 9.74. The van der Waals surface area contributed by atoms with Crippen LogP contribution in [0.25, 0.3) is 0 Å². The molecule has 1 amide bonds. The Morgan fingerprint density at radius 2 is 2.05 bits per heavy atom. The highest BCUT2D eigenvalue weighted by atomic mass is 16.4. The van der Waals surface area contributed by atoms with Crippen LogP contribution in [0.2, 0.25) is 0 Å². The summed E-state index contributed by atoms with van der Waals surface area (Å²) < 4.78 is 0. The Bertz CT molecular complexity index is 475. The molecule has 1 aromatic heterocycles. The first-order valence-electron chi connectivity index (χ1n) is 6.48. The first kappa shape index (κ1) is 13.5. The number of nitrogens with zero attached hydrogens (tertiary/aromatic N) is 1. The minimum Gasteiger partial charge on any atom is -0.481 e. The average Bonchev–Trinajstić information content (AvgIpc) is 2.39. The van der Waals surface area contributed by atoms with Crippen LogP contribution in [0.3, 0.4) is 0 Å². The van der Waals surface area contributed by atoms with Gasteiger partial charge in [0.25, 0.3) is 5.91 Å². The second-order valence-electron chi connectivity index (χ2n) is 5.24. The summed E-state index contributed by atoms with van der Waals surface area (Å²) in [4.78, 5) is 27.3. The van der Waals surface area contributed by atoms with Gasteiger partial charge >= 0.3 is 5.97 Å². The third kappa shape index (κ3) is 2.92. The normalized spacial score (nSPS) is 26.7. The van der Waals surface area contributed by atoms with E-state index in [0.29, 0.717) is 18.4 Å². The molecule has 19 heavy (non-hydrogen) atoms. The minimum atomic E-state index is -0.836. The molecule has 1 aliphatic carbocycles. The average molecular weight is 262 g/mol. The fourth-order valence-electron chi connectivity index (χ4n) is 2.71. The number of hydrogen-bond donors (Lipinski definition) is 2. The number of carbonyl (C=O) groups excluding carboxylic acids is 1. The molecule has 2 unspecified atom stereocenters. The quantitative estimate of drug-likeness (QED) is 0.871. The van der Waals surface area contributed by atoms with Crippen LogP contribution >= 0.6 is 0 Å². The van der Waals surface area contributed by atoms with Crippen molar-refractivity contribution in [3.8, 4) is 0 Å². The van der Waals surface area contributed by atoms with Crippen molar-refractivity contribution < 1.29 is 14.7 Å². The lowest BCUT2D eigenvalue weighted by Crippen LogP contribution is -2.55. The molecular formula is C14H18N2O3. The van der Waals surface area contributed by atoms with Gasteiger partial charge < -0.3 is 10.4 Å². The number of amides is 1. The van der Waals surface area contributed by atoms with Crippen molar-refractivity contribution in [2.45, 2.75) is 38.1 Å². The Morgan fingerprint density at radius 3 is 2.68 bits per heavy atom. The molecule has 0 bridgehead atoms. The van der Waals surface area contributed by atoms with E-state index >= 15 is 0 Å². The summed E-state index contributed by atoms with van der Waals surface area (Å²) in [7, 11) is 0. The van der Waals surface area contributed by atoms with Crippen molar-refractivity contribution in [1.82, 2.24) is 10.3 Å². The molecule has 2 N–H and O–H groups in total. The fourth-order valence-corrected chi connectivity index (χ4v) is 2.71. The van der Waals surface area contributed by atoms with Crippen LogP contribution < -0.4 is 5.32 Å². The van der Waals surface area contributed by atoms with Gasteiger partial charge in [0.05, 0.1) is 11.5 Å². The van der Waals surface area contributed by atoms with Gasteiger partial charge in [-0.25, -0.2) is 0 Å². The Balaban J connectivity index is 2.15. The van der Waals surface area contributed by atoms with Gasteiger partial charge in [-0.1, -0.05) is 12.8 Å². The number of hydrogen-bond acceptors (Lipinski definition) is 3. The van der Waals surface area contributed by atoms with Crippen LogP contribution in [0, 0.1) is 5.92 Å². The van der Waals surface area contributed by atoms with Crippen LogP contribution in [0.15, 0.2) is 24.5 Å². The van der Waals surface area contributed by atoms with E-state index in [-0.39, 0.29) is 5.91 Å². The van der Waals surface area contributed by atoms with Gasteiger partial charge in [-0.2, -0.15) is 0 Å². The molecule has 5 nitrogen and oxygen atoms in total. The van der Waals surface area contributed by atoms with Crippen molar-refractivity contribution in [3.63, 3.8) is 0 Å². The zero-order valence-corrected chi connectivity index (χ0v) is 10.9. The number of carboxylic acid groups (broad SMARTS) is 1. The van der Waals surface area contributed by atoms with E-state index in [9.17, 15) is 14.7 Å². The van der Waals surface area contributed by atoms with Crippen LogP contribution in [0.5, 0.6) is 0 Å². The molecule has 1 heterocycles. The highest BCUT2D eigenvalue weighted by Crippen LogP contribution is 2.34. The molecule has 0 aliphatic heterocycles. The first-order valence-corrected chi connectivity index (χ1v) is 6.48. The van der Waals surface area contributed by atoms with Crippen LogP contribution in [0.4, 0.5) is 0 Å². The van der Waals surface area contributed by atoms with E-state index in [2.05, 4.69) is 10.3 Å². The lowest BCUT2D eigenvalue weighted by molar-refractivity contribution is -0.145. The lowest BCUT2D eigenvalue weighted by Gasteiger charge is -2.39. The molecule has 1 fully saturated rings. The first-order chi connectivity index (χ1) is 9.03. The summed E-state index contributed by atoms with van der Waals surface area (Å²) >= 11 is 0. The Morgan fingerprint density at radius 1 is 1.37 bits per heavy atom. The smallest absolute Gasteiger partial charge is 0.308 e. The standard InChI is InChI=1S/C14H18N2O3/c1-14(7-3-2-4-11(14)13(18)19)16-12(17)10-5-8-15-9-6-10/h5-6,8-9,11H,2-4,7H2,1H3,(H,16,17)(H,18,19). The summed E-state index contributed by atoms with van der Waals surface area (Å²) in [6.45, 7) is 1.82. The third-order valence-electron chi connectivity index (χ3n) is 3.85. The van der Waals surface area contributed by atoms with Crippen LogP contribution in [-0.2, 0) is 4.79 Å². The molecule has 5 heteroatoms. The number of aliphatic carboxylic acids is 1. The molecule has 1 saturated carbocycles. The van der Waals surface area contributed by atoms with Crippen molar-refractivity contribution in [2.75, 3.05) is 0 Å². The Labute approximate surface area is 112 Å². The van der Waals surface area contributed by atoms with Gasteiger partial charge in [0.2, 0.25) is 0 Å². The van der Waals surface area contributed by atoms with E-state index < -0.39 is 17.4 Å². The molecule has 0 saturated heterocycles. The molecule has 0 radical (unpaired) electrons. The minimum absolute atomic E-state index is 0.238. The summed E-state index contributed by atoms with van der Waals surface area (Å²) in [5.74, 6) is -1.60. The molecule has 1 aliphatic rings. The molecule has 102 valence electrons. The predicted octanol–water partition coefficient (Wildman–Crippen LogP) is 1.84. The molecule has 2 rings (SSSR count). The van der Waals surface area contributed by atoms with Crippen LogP contribution in [-0.4, -0.2) is 27.5 Å². The zero-order chi connectivity index (χ0) is 13.9. The highest BCUT2D eigenvalue weighted by Gasteiger charge is 2.42. The number of pyridine rings is 1. The second kappa shape index (κ2) is 5.38. The maximum atomic E-state index is 12.2. The van der Waals surface area contributed by atoms with E-state index in [1.54, 1.807) is 24.5 Å². The monoisotopic (exact) mass is 262 g/mol. The summed E-state index contributed by atoms with van der Waals surface area (Å²) in [5.41, 5.74) is -0.171. The van der Waals surface area contributed by atoms with E-state index in [0.717, 1.165) is 12.8 Å². The topological polar surface area (TPSA) is 79.3 Å². The largest absolute Gasteiger partial charge is 0.481 e. The highest BCUT2D eigenvalue weighted by molar-refractivity contribution is 5.94. The van der Waals surface area contributed by atoms with Crippen molar-refractivity contribution in [2.24, 2.45) is 5.92 Å². The molecule has 0 aromatic carbocycles. The number of carboxylic acids is 1. The van der Waals surface area contributed by atoms with Gasteiger partial charge in [-0.05, 0) is 31.9 Å². The zero-order valence-electron chi connectivity index (χ0n) is 10.9. The SMILES string of the molecule is CC1(NC(=O)c2ccncc2)CCCCC1C(=O)O. The van der Waals surface area contributed by atoms with Crippen LogP contribution in [0.1, 0.15) is 43.0 Å². The summed E-state index contributed by atoms with van der Waals surface area (Å²) in [6.07, 6.45) is 6.25. The number of aromatic nitrogens is 1. The number of nitrogens with one attached hydrogen (secondary N) is 1. The number of carbonyl (C=O) groups is 2. The molecule has 1 aromatic rings. The van der Waals surface area contributed by atoms with Gasteiger partial charge in [-0.15, -0.1) is 0 Å². The maximum absolute atomic E-state index is 12.2. The molecular weight excluding hydrogens is 244 g/mol. The second-order valence-corrected chi connectivity index (χ2v) is 5.24. The number of rotatable bonds is 3. The summed E-state index contributed by atoms with van der Waals surface area (Å²) in [5, 5.41) is 12.2. The van der Waals surface area contributed by atoms with Gasteiger partial charge in [0.1, 0.15) is 0 Å². The van der Waals surface area contributed by atoms with Crippen molar-refractivity contribution >= 4 is 11.9 Å². The van der Waals surface area contributed by atoms with E-state index in [4.69, 9.17) is 0 Å². The Hall–Kier alpha value is -1.91. The van der Waals surface area contributed by atoms with E-state index in [1.807, 2.05) is 6.92 Å². The van der Waals surface area contributed by atoms with Gasteiger partial charge in [0.15, 0.2) is 0 Å². The predicted molar refractivity (Wildman–Crippen MR) is 69.7 cm³/mol. The molecule has 2 atom stereocenters. The van der Waals surface area contributed by atoms with Crippen molar-refractivity contribution in [1.29, 1.82) is 0 Å².